The number of carbonyl (C=O) groups excluding carboxylic acids is 1. The van der Waals surface area contributed by atoms with E-state index in [0.29, 0.717) is 11.5 Å². The first kappa shape index (κ1) is 13.5. The summed E-state index contributed by atoms with van der Waals surface area (Å²) < 4.78 is 22.4. The lowest BCUT2D eigenvalue weighted by molar-refractivity contribution is 0.0683. The minimum Gasteiger partial charge on any atom is -0.338 e. The van der Waals surface area contributed by atoms with Crippen LogP contribution in [-0.4, -0.2) is 32.3 Å². The molecule has 7 heteroatoms. The molecule has 5 nitrogen and oxygen atoms in total. The van der Waals surface area contributed by atoms with Crippen LogP contribution in [0.3, 0.4) is 0 Å². The Kier molecular flexibility index (Phi) is 3.74. The second kappa shape index (κ2) is 4.99. The number of hydrogen-bond acceptors (Lipinski definition) is 4. The normalized spacial score (nSPS) is 21.0. The van der Waals surface area contributed by atoms with E-state index in [1.54, 1.807) is 10.3 Å². The van der Waals surface area contributed by atoms with E-state index in [-0.39, 0.29) is 10.1 Å². The molecule has 1 atom stereocenters. The Morgan fingerprint density at radius 1 is 1.56 bits per heavy atom. The van der Waals surface area contributed by atoms with Crippen molar-refractivity contribution in [2.24, 2.45) is 11.1 Å². The number of primary sulfonamides is 1. The van der Waals surface area contributed by atoms with Crippen molar-refractivity contribution in [1.82, 2.24) is 4.90 Å². The molecule has 1 saturated heterocycles. The third kappa shape index (κ3) is 2.90. The van der Waals surface area contributed by atoms with Gasteiger partial charge in [-0.25, -0.2) is 13.6 Å². The molecule has 1 aliphatic rings. The topological polar surface area (TPSA) is 80.5 Å². The minimum atomic E-state index is -3.71. The van der Waals surface area contributed by atoms with Gasteiger partial charge in [0.1, 0.15) is 4.21 Å². The predicted molar refractivity (Wildman–Crippen MR) is 70.0 cm³/mol. The summed E-state index contributed by atoms with van der Waals surface area (Å²) in [6.07, 6.45) is 2.13. The number of nitrogens with zero attached hydrogens (tertiary/aromatic N) is 1. The lowest BCUT2D eigenvalue weighted by Gasteiger charge is -2.30. The molecular weight excluding hydrogens is 272 g/mol. The highest BCUT2D eigenvalue weighted by Gasteiger charge is 2.24. The molecule has 0 aliphatic carbocycles. The summed E-state index contributed by atoms with van der Waals surface area (Å²) in [5.41, 5.74) is 0.415. The van der Waals surface area contributed by atoms with Crippen LogP contribution in [0.25, 0.3) is 0 Å². The minimum absolute atomic E-state index is 0.0379. The number of thiophene rings is 1. The van der Waals surface area contributed by atoms with Crippen LogP contribution < -0.4 is 5.14 Å². The first-order chi connectivity index (χ1) is 8.38. The van der Waals surface area contributed by atoms with Gasteiger partial charge in [-0.3, -0.25) is 4.79 Å². The van der Waals surface area contributed by atoms with Crippen LogP contribution in [0.15, 0.2) is 15.7 Å². The van der Waals surface area contributed by atoms with Gasteiger partial charge in [-0.15, -0.1) is 11.3 Å². The zero-order valence-electron chi connectivity index (χ0n) is 10.1. The summed E-state index contributed by atoms with van der Waals surface area (Å²) in [7, 11) is -3.71. The van der Waals surface area contributed by atoms with Crippen molar-refractivity contribution in [3.63, 3.8) is 0 Å². The van der Waals surface area contributed by atoms with Crippen LogP contribution >= 0.6 is 11.3 Å². The number of nitrogens with two attached hydrogens (primary N) is 1. The molecular formula is C11H16N2O3S2. The molecule has 0 radical (unpaired) electrons. The lowest BCUT2D eigenvalue weighted by atomic mass is 10.00. The first-order valence-electron chi connectivity index (χ1n) is 5.78. The Morgan fingerprint density at radius 2 is 2.28 bits per heavy atom. The smallest absolute Gasteiger partial charge is 0.254 e. The van der Waals surface area contributed by atoms with Crippen molar-refractivity contribution < 1.29 is 13.2 Å². The van der Waals surface area contributed by atoms with E-state index in [1.807, 2.05) is 0 Å². The van der Waals surface area contributed by atoms with Crippen LogP contribution in [0.1, 0.15) is 30.1 Å². The molecule has 1 aromatic heterocycles. The van der Waals surface area contributed by atoms with Crippen LogP contribution in [0.4, 0.5) is 0 Å². The van der Waals surface area contributed by atoms with Crippen molar-refractivity contribution in [2.45, 2.75) is 24.0 Å². The Hall–Kier alpha value is -0.920. The van der Waals surface area contributed by atoms with Crippen molar-refractivity contribution >= 4 is 27.3 Å². The second-order valence-electron chi connectivity index (χ2n) is 4.70. The van der Waals surface area contributed by atoms with Crippen molar-refractivity contribution in [3.05, 3.63) is 17.0 Å². The molecule has 1 aromatic rings. The number of hydrogen-bond donors (Lipinski definition) is 1. The number of carbonyl (C=O) groups is 1. The molecule has 2 heterocycles. The quantitative estimate of drug-likeness (QED) is 0.889. The molecule has 1 amide bonds. The molecule has 0 spiro atoms. The Morgan fingerprint density at radius 3 is 2.83 bits per heavy atom. The van der Waals surface area contributed by atoms with Crippen molar-refractivity contribution in [3.8, 4) is 0 Å². The molecule has 1 fully saturated rings. The maximum Gasteiger partial charge on any atom is 0.254 e. The second-order valence-corrected chi connectivity index (χ2v) is 7.40. The average Bonchev–Trinajstić information content (AvgIpc) is 2.77. The van der Waals surface area contributed by atoms with Crippen LogP contribution in [0.2, 0.25) is 0 Å². The fourth-order valence-electron chi connectivity index (χ4n) is 2.13. The molecule has 2 N–H and O–H groups in total. The van der Waals surface area contributed by atoms with Gasteiger partial charge in [0, 0.05) is 18.5 Å². The predicted octanol–water partition coefficient (Wildman–Crippen LogP) is 1.27. The fourth-order valence-corrected chi connectivity index (χ4v) is 3.71. The van der Waals surface area contributed by atoms with Gasteiger partial charge in [0.25, 0.3) is 5.91 Å². The van der Waals surface area contributed by atoms with Gasteiger partial charge in [-0.2, -0.15) is 0 Å². The van der Waals surface area contributed by atoms with Gasteiger partial charge in [-0.1, -0.05) is 6.92 Å². The van der Waals surface area contributed by atoms with Crippen LogP contribution in [0, 0.1) is 5.92 Å². The first-order valence-corrected chi connectivity index (χ1v) is 8.21. The molecule has 0 saturated carbocycles. The third-order valence-electron chi connectivity index (χ3n) is 3.05. The Labute approximate surface area is 111 Å². The van der Waals surface area contributed by atoms with Crippen LogP contribution in [0.5, 0.6) is 0 Å². The number of piperidine rings is 1. The summed E-state index contributed by atoms with van der Waals surface area (Å²) in [5.74, 6) is 0.395. The summed E-state index contributed by atoms with van der Waals surface area (Å²) in [4.78, 5) is 14.0. The van der Waals surface area contributed by atoms with E-state index in [1.165, 1.54) is 6.07 Å². The maximum absolute atomic E-state index is 12.2. The molecule has 0 bridgehead atoms. The van der Waals surface area contributed by atoms with Crippen molar-refractivity contribution in [1.29, 1.82) is 0 Å². The third-order valence-corrected chi connectivity index (χ3v) is 5.43. The lowest BCUT2D eigenvalue weighted by Crippen LogP contribution is -2.38. The number of likely N-dealkylation sites (tertiary alicyclic amines) is 1. The molecule has 1 aliphatic heterocycles. The van der Waals surface area contributed by atoms with Gasteiger partial charge >= 0.3 is 0 Å². The maximum atomic E-state index is 12.2. The van der Waals surface area contributed by atoms with E-state index in [9.17, 15) is 13.2 Å². The van der Waals surface area contributed by atoms with E-state index < -0.39 is 10.0 Å². The standard InChI is InChI=1S/C11H16N2O3S2/c1-8-3-2-4-13(6-8)11(14)9-5-10(17-7-9)18(12,15)16/h5,7-8H,2-4,6H2,1H3,(H2,12,15,16). The van der Waals surface area contributed by atoms with E-state index in [2.05, 4.69) is 6.92 Å². The summed E-state index contributed by atoms with van der Waals surface area (Å²) >= 11 is 0.989. The number of rotatable bonds is 2. The number of sulfonamides is 1. The molecule has 0 aromatic carbocycles. The SMILES string of the molecule is CC1CCCN(C(=O)c2csc(S(N)(=O)=O)c2)C1. The van der Waals surface area contributed by atoms with E-state index in [0.717, 1.165) is 37.3 Å². The molecule has 18 heavy (non-hydrogen) atoms. The van der Waals surface area contributed by atoms with Gasteiger partial charge in [-0.05, 0) is 24.8 Å². The largest absolute Gasteiger partial charge is 0.338 e. The van der Waals surface area contributed by atoms with Gasteiger partial charge in [0.15, 0.2) is 0 Å². The summed E-state index contributed by atoms with van der Waals surface area (Å²) in [6.45, 7) is 3.59. The van der Waals surface area contributed by atoms with Crippen LogP contribution in [-0.2, 0) is 10.0 Å². The van der Waals surface area contributed by atoms with E-state index >= 15 is 0 Å². The molecule has 1 unspecified atom stereocenters. The van der Waals surface area contributed by atoms with Crippen molar-refractivity contribution in [2.75, 3.05) is 13.1 Å². The Balaban J connectivity index is 2.16. The highest BCUT2D eigenvalue weighted by molar-refractivity contribution is 7.91. The average molecular weight is 288 g/mol. The molecule has 2 rings (SSSR count). The van der Waals surface area contributed by atoms with Gasteiger partial charge in [0.2, 0.25) is 10.0 Å². The van der Waals surface area contributed by atoms with Gasteiger partial charge in [0.05, 0.1) is 5.56 Å². The summed E-state index contributed by atoms with van der Waals surface area (Å²) in [6, 6.07) is 1.36. The zero-order chi connectivity index (χ0) is 13.3. The van der Waals surface area contributed by atoms with Gasteiger partial charge < -0.3 is 4.90 Å². The molecule has 100 valence electrons. The number of amides is 1. The summed E-state index contributed by atoms with van der Waals surface area (Å²) in [5, 5.41) is 6.59. The fraction of sp³-hybridized carbons (Fsp3) is 0.545. The highest BCUT2D eigenvalue weighted by Crippen LogP contribution is 2.22. The monoisotopic (exact) mass is 288 g/mol. The van der Waals surface area contributed by atoms with E-state index in [4.69, 9.17) is 5.14 Å². The zero-order valence-corrected chi connectivity index (χ0v) is 11.8. The Bertz CT molecular complexity index is 550. The highest BCUT2D eigenvalue weighted by atomic mass is 32.2.